The molecule has 4 N–H and O–H groups in total. The van der Waals surface area contributed by atoms with Crippen LogP contribution < -0.4 is 16.0 Å². The van der Waals surface area contributed by atoms with Crippen LogP contribution in [0.1, 0.15) is 36.3 Å². The molecule has 1 aliphatic rings. The standard InChI is InChI=1S/C30H35N3O4/c34-27(13-10-21-6-2-1-3-7-21)28(35)20-33-30(37)26(19-32-29(36)23-14-16-31-17-15-23)25-12-11-22-8-4-5-9-24(22)18-25/h1-9,11-12,18,23,26-27,31,34H,10,13-17,19-20H2,(H,32,36)(H,33,37). The Morgan fingerprint density at radius 2 is 1.59 bits per heavy atom. The number of aliphatic hydroxyl groups is 1. The second-order valence-electron chi connectivity index (χ2n) is 9.65. The van der Waals surface area contributed by atoms with E-state index in [0.717, 1.165) is 47.8 Å². The van der Waals surface area contributed by atoms with E-state index in [0.29, 0.717) is 12.8 Å². The van der Waals surface area contributed by atoms with Crippen molar-refractivity contribution in [3.8, 4) is 0 Å². The number of hydrogen-bond acceptors (Lipinski definition) is 5. The van der Waals surface area contributed by atoms with Crippen molar-refractivity contribution in [3.63, 3.8) is 0 Å². The minimum atomic E-state index is -1.15. The molecule has 1 heterocycles. The summed E-state index contributed by atoms with van der Waals surface area (Å²) < 4.78 is 0. The molecule has 0 saturated carbocycles. The first-order chi connectivity index (χ1) is 18.0. The summed E-state index contributed by atoms with van der Waals surface area (Å²) in [6, 6.07) is 23.3. The number of rotatable bonds is 11. The highest BCUT2D eigenvalue weighted by Crippen LogP contribution is 2.22. The quantitative estimate of drug-likeness (QED) is 0.323. The monoisotopic (exact) mass is 501 g/mol. The van der Waals surface area contributed by atoms with Gasteiger partial charge in [-0.15, -0.1) is 0 Å². The lowest BCUT2D eigenvalue weighted by Crippen LogP contribution is -2.43. The van der Waals surface area contributed by atoms with Crippen LogP contribution in [0.25, 0.3) is 10.8 Å². The summed E-state index contributed by atoms with van der Waals surface area (Å²) in [4.78, 5) is 38.6. The van der Waals surface area contributed by atoms with E-state index in [-0.39, 0.29) is 30.8 Å². The molecule has 2 atom stereocenters. The van der Waals surface area contributed by atoms with Crippen molar-refractivity contribution >= 4 is 28.4 Å². The van der Waals surface area contributed by atoms with Gasteiger partial charge in [0.2, 0.25) is 11.8 Å². The average molecular weight is 502 g/mol. The van der Waals surface area contributed by atoms with Gasteiger partial charge in [-0.25, -0.2) is 0 Å². The molecular formula is C30H35N3O4. The van der Waals surface area contributed by atoms with Gasteiger partial charge in [0.15, 0.2) is 5.78 Å². The Morgan fingerprint density at radius 1 is 0.892 bits per heavy atom. The molecule has 1 fully saturated rings. The lowest BCUT2D eigenvalue weighted by atomic mass is 9.93. The van der Waals surface area contributed by atoms with E-state index >= 15 is 0 Å². The fourth-order valence-corrected chi connectivity index (χ4v) is 4.74. The Bertz CT molecular complexity index is 1210. The number of hydrogen-bond donors (Lipinski definition) is 4. The average Bonchev–Trinajstić information content (AvgIpc) is 2.95. The Balaban J connectivity index is 1.39. The summed E-state index contributed by atoms with van der Waals surface area (Å²) in [5.74, 6) is -1.57. The van der Waals surface area contributed by atoms with Gasteiger partial charge in [0, 0.05) is 12.5 Å². The molecule has 1 aliphatic heterocycles. The second kappa shape index (κ2) is 13.1. The summed E-state index contributed by atoms with van der Waals surface area (Å²) in [6.45, 7) is 1.49. The van der Waals surface area contributed by atoms with Crippen LogP contribution in [-0.2, 0) is 20.8 Å². The maximum atomic E-state index is 13.3. The molecule has 4 rings (SSSR count). The number of benzene rings is 3. The molecule has 0 aliphatic carbocycles. The number of ketones is 1. The summed E-state index contributed by atoms with van der Waals surface area (Å²) in [6.07, 6.45) is 1.25. The summed E-state index contributed by atoms with van der Waals surface area (Å²) in [5, 5.41) is 21.3. The lowest BCUT2D eigenvalue weighted by molar-refractivity contribution is -0.130. The van der Waals surface area contributed by atoms with Crippen LogP contribution in [0.3, 0.4) is 0 Å². The summed E-state index contributed by atoms with van der Waals surface area (Å²) in [5.41, 5.74) is 1.80. The Labute approximate surface area is 217 Å². The third-order valence-electron chi connectivity index (χ3n) is 7.04. The largest absolute Gasteiger partial charge is 0.385 e. The van der Waals surface area contributed by atoms with Gasteiger partial charge in [0.25, 0.3) is 0 Å². The molecule has 2 amide bonds. The van der Waals surface area contributed by atoms with Gasteiger partial charge in [0.1, 0.15) is 6.10 Å². The fourth-order valence-electron chi connectivity index (χ4n) is 4.74. The van der Waals surface area contributed by atoms with Crippen molar-refractivity contribution < 1.29 is 19.5 Å². The molecule has 194 valence electrons. The molecule has 0 radical (unpaired) electrons. The highest BCUT2D eigenvalue weighted by Gasteiger charge is 2.26. The van der Waals surface area contributed by atoms with Gasteiger partial charge in [-0.1, -0.05) is 72.8 Å². The van der Waals surface area contributed by atoms with E-state index in [1.165, 1.54) is 0 Å². The molecular weight excluding hydrogens is 466 g/mol. The molecule has 2 unspecified atom stereocenters. The molecule has 0 bridgehead atoms. The van der Waals surface area contributed by atoms with Crippen molar-refractivity contribution in [1.29, 1.82) is 0 Å². The van der Waals surface area contributed by atoms with Gasteiger partial charge >= 0.3 is 0 Å². The Kier molecular flexibility index (Phi) is 9.40. The van der Waals surface area contributed by atoms with E-state index in [1.54, 1.807) is 0 Å². The van der Waals surface area contributed by atoms with Gasteiger partial charge < -0.3 is 21.1 Å². The van der Waals surface area contributed by atoms with Crippen LogP contribution in [0.4, 0.5) is 0 Å². The van der Waals surface area contributed by atoms with E-state index in [4.69, 9.17) is 0 Å². The normalized spacial score (nSPS) is 15.6. The second-order valence-corrected chi connectivity index (χ2v) is 9.65. The van der Waals surface area contributed by atoms with E-state index in [2.05, 4.69) is 16.0 Å². The first-order valence-electron chi connectivity index (χ1n) is 13.0. The topological polar surface area (TPSA) is 108 Å². The van der Waals surface area contributed by atoms with E-state index in [9.17, 15) is 19.5 Å². The zero-order valence-corrected chi connectivity index (χ0v) is 21.0. The third kappa shape index (κ3) is 7.47. The fraction of sp³-hybridized carbons (Fsp3) is 0.367. The molecule has 7 heteroatoms. The molecule has 1 saturated heterocycles. The van der Waals surface area contributed by atoms with Crippen molar-refractivity contribution in [2.75, 3.05) is 26.2 Å². The molecule has 37 heavy (non-hydrogen) atoms. The van der Waals surface area contributed by atoms with Gasteiger partial charge in [0.05, 0.1) is 12.5 Å². The third-order valence-corrected chi connectivity index (χ3v) is 7.04. The van der Waals surface area contributed by atoms with E-state index in [1.807, 2.05) is 72.8 Å². The van der Waals surface area contributed by atoms with Crippen molar-refractivity contribution in [2.45, 2.75) is 37.7 Å². The van der Waals surface area contributed by atoms with Crippen molar-refractivity contribution in [3.05, 3.63) is 83.9 Å². The smallest absolute Gasteiger partial charge is 0.229 e. The summed E-state index contributed by atoms with van der Waals surface area (Å²) in [7, 11) is 0. The Morgan fingerprint density at radius 3 is 2.35 bits per heavy atom. The highest BCUT2D eigenvalue weighted by molar-refractivity contribution is 5.92. The number of carbonyl (C=O) groups excluding carboxylic acids is 3. The van der Waals surface area contributed by atoms with Crippen LogP contribution in [0.2, 0.25) is 0 Å². The van der Waals surface area contributed by atoms with Crippen molar-refractivity contribution in [1.82, 2.24) is 16.0 Å². The van der Waals surface area contributed by atoms with E-state index < -0.39 is 17.8 Å². The Hall–Kier alpha value is -3.55. The van der Waals surface area contributed by atoms with Crippen LogP contribution in [0.15, 0.2) is 72.8 Å². The number of aliphatic hydroxyl groups excluding tert-OH is 1. The zero-order valence-electron chi connectivity index (χ0n) is 21.0. The number of amides is 2. The predicted octanol–water partition coefficient (Wildman–Crippen LogP) is 2.72. The van der Waals surface area contributed by atoms with Crippen LogP contribution >= 0.6 is 0 Å². The molecule has 3 aromatic rings. The van der Waals surface area contributed by atoms with Crippen LogP contribution in [-0.4, -0.2) is 55.0 Å². The first-order valence-corrected chi connectivity index (χ1v) is 13.0. The minimum Gasteiger partial charge on any atom is -0.385 e. The molecule has 7 nitrogen and oxygen atoms in total. The highest BCUT2D eigenvalue weighted by atomic mass is 16.3. The molecule has 0 aromatic heterocycles. The number of piperidine rings is 1. The number of nitrogens with one attached hydrogen (secondary N) is 3. The van der Waals surface area contributed by atoms with Crippen LogP contribution in [0, 0.1) is 5.92 Å². The zero-order chi connectivity index (χ0) is 26.0. The molecule has 0 spiro atoms. The number of Topliss-reactive ketones (excluding diaryl/α,β-unsaturated/α-hetero) is 1. The summed E-state index contributed by atoms with van der Waals surface area (Å²) >= 11 is 0. The SMILES string of the molecule is O=C(CNC(=O)C(CNC(=O)C1CCNCC1)c1ccc2ccccc2c1)C(O)CCc1ccccc1. The minimum absolute atomic E-state index is 0.0486. The number of fused-ring (bicyclic) bond motifs is 1. The van der Waals surface area contributed by atoms with Gasteiger partial charge in [-0.05, 0) is 60.7 Å². The maximum absolute atomic E-state index is 13.3. The van der Waals surface area contributed by atoms with Gasteiger partial charge in [-0.3, -0.25) is 14.4 Å². The first kappa shape index (κ1) is 26.5. The van der Waals surface area contributed by atoms with Gasteiger partial charge in [-0.2, -0.15) is 0 Å². The lowest BCUT2D eigenvalue weighted by Gasteiger charge is -2.24. The number of carbonyl (C=O) groups is 3. The predicted molar refractivity (Wildman–Crippen MR) is 144 cm³/mol. The molecule has 3 aromatic carbocycles. The van der Waals surface area contributed by atoms with Crippen molar-refractivity contribution in [2.24, 2.45) is 5.92 Å². The number of aryl methyl sites for hydroxylation is 1. The maximum Gasteiger partial charge on any atom is 0.229 e. The van der Waals surface area contributed by atoms with Crippen LogP contribution in [0.5, 0.6) is 0 Å².